The minimum atomic E-state index is -0.295. The van der Waals surface area contributed by atoms with E-state index in [0.717, 1.165) is 0 Å². The second-order valence-corrected chi connectivity index (χ2v) is 1.40. The first kappa shape index (κ1) is 7.21. The highest BCUT2D eigenvalue weighted by atomic mass is 16.5. The van der Waals surface area contributed by atoms with Gasteiger partial charge in [-0.15, -0.1) is 0 Å². The van der Waals surface area contributed by atoms with Crippen LogP contribution in [0.1, 0.15) is 20.8 Å². The van der Waals surface area contributed by atoms with Gasteiger partial charge in [0.05, 0.1) is 0 Å². The topological polar surface area (TPSA) is 26.3 Å². The number of carbonyl (C=O) groups excluding carboxylic acids is 1. The van der Waals surface area contributed by atoms with E-state index in [1.54, 1.807) is 13.8 Å². The van der Waals surface area contributed by atoms with Crippen LogP contribution in [0.5, 0.6) is 0 Å². The summed E-state index contributed by atoms with van der Waals surface area (Å²) < 4.78 is 4.57. The molecule has 0 spiro atoms. The predicted molar refractivity (Wildman–Crippen MR) is 29.9 cm³/mol. The molecule has 0 saturated heterocycles. The average molecular weight is 113 g/mol. The molecule has 1 radical (unpaired) electrons. The lowest BCUT2D eigenvalue weighted by molar-refractivity contribution is -0.136. The molecule has 0 atom stereocenters. The Labute approximate surface area is 49.1 Å². The minimum Gasteiger partial charge on any atom is -0.431 e. The lowest BCUT2D eigenvalue weighted by Crippen LogP contribution is -1.94. The van der Waals surface area contributed by atoms with Crippen molar-refractivity contribution in [2.75, 3.05) is 0 Å². The van der Waals surface area contributed by atoms with Crippen molar-refractivity contribution in [3.8, 4) is 0 Å². The van der Waals surface area contributed by atoms with Crippen LogP contribution < -0.4 is 0 Å². The molecule has 0 saturated carbocycles. The second kappa shape index (κ2) is 3.24. The average Bonchev–Trinajstić information content (AvgIpc) is 1.65. The van der Waals surface area contributed by atoms with Crippen LogP contribution in [0, 0.1) is 6.08 Å². The zero-order valence-electron chi connectivity index (χ0n) is 5.32. The third-order valence-electron chi connectivity index (χ3n) is 0.649. The van der Waals surface area contributed by atoms with Gasteiger partial charge >= 0.3 is 5.97 Å². The van der Waals surface area contributed by atoms with Crippen molar-refractivity contribution < 1.29 is 9.53 Å². The number of allylic oxidation sites excluding steroid dienone is 2. The van der Waals surface area contributed by atoms with Crippen molar-refractivity contribution in [2.24, 2.45) is 0 Å². The molecule has 2 nitrogen and oxygen atoms in total. The Balaban J connectivity index is 3.56. The molecule has 0 rings (SSSR count). The molecule has 0 N–H and O–H groups in total. The highest BCUT2D eigenvalue weighted by Gasteiger charge is 1.90. The SMILES string of the molecule is C[C]=C(C)OC(C)=O. The van der Waals surface area contributed by atoms with E-state index in [0.29, 0.717) is 5.76 Å². The quantitative estimate of drug-likeness (QED) is 0.378. The van der Waals surface area contributed by atoms with Gasteiger partial charge in [0.1, 0.15) is 5.76 Å². The van der Waals surface area contributed by atoms with Gasteiger partial charge in [-0.2, -0.15) is 0 Å². The molecular weight excluding hydrogens is 104 g/mol. The molecule has 8 heavy (non-hydrogen) atoms. The summed E-state index contributed by atoms with van der Waals surface area (Å²) in [5, 5.41) is 0. The Kier molecular flexibility index (Phi) is 2.92. The van der Waals surface area contributed by atoms with Gasteiger partial charge in [0.2, 0.25) is 0 Å². The van der Waals surface area contributed by atoms with Crippen molar-refractivity contribution in [1.82, 2.24) is 0 Å². The van der Waals surface area contributed by atoms with Gasteiger partial charge in [-0.3, -0.25) is 4.79 Å². The van der Waals surface area contributed by atoms with Gasteiger partial charge in [-0.25, -0.2) is 0 Å². The summed E-state index contributed by atoms with van der Waals surface area (Å²) in [4.78, 5) is 10.1. The molecule has 0 aliphatic carbocycles. The van der Waals surface area contributed by atoms with Gasteiger partial charge in [0.25, 0.3) is 0 Å². The summed E-state index contributed by atoms with van der Waals surface area (Å²) in [6, 6.07) is 0. The Morgan fingerprint density at radius 2 is 2.00 bits per heavy atom. The van der Waals surface area contributed by atoms with Crippen LogP contribution in [0.3, 0.4) is 0 Å². The second-order valence-electron chi connectivity index (χ2n) is 1.40. The van der Waals surface area contributed by atoms with Crippen LogP contribution in [0.15, 0.2) is 5.76 Å². The van der Waals surface area contributed by atoms with Crippen molar-refractivity contribution in [3.63, 3.8) is 0 Å². The van der Waals surface area contributed by atoms with Crippen LogP contribution in [0.25, 0.3) is 0 Å². The van der Waals surface area contributed by atoms with Crippen molar-refractivity contribution in [1.29, 1.82) is 0 Å². The van der Waals surface area contributed by atoms with Crippen molar-refractivity contribution >= 4 is 5.97 Å². The first-order valence-corrected chi connectivity index (χ1v) is 2.36. The van der Waals surface area contributed by atoms with E-state index in [1.807, 2.05) is 0 Å². The van der Waals surface area contributed by atoms with E-state index in [-0.39, 0.29) is 5.97 Å². The third kappa shape index (κ3) is 3.40. The zero-order chi connectivity index (χ0) is 6.57. The first-order chi connectivity index (χ1) is 3.66. The molecule has 0 fully saturated rings. The van der Waals surface area contributed by atoms with Crippen LogP contribution >= 0.6 is 0 Å². The summed E-state index contributed by atoms with van der Waals surface area (Å²) in [7, 11) is 0. The fraction of sp³-hybridized carbons (Fsp3) is 0.500. The van der Waals surface area contributed by atoms with Gasteiger partial charge in [0.15, 0.2) is 0 Å². The highest BCUT2D eigenvalue weighted by Crippen LogP contribution is 1.92. The molecular formula is C6H9O2. The van der Waals surface area contributed by atoms with Crippen LogP contribution in [0.4, 0.5) is 0 Å². The predicted octanol–water partition coefficient (Wildman–Crippen LogP) is 1.28. The van der Waals surface area contributed by atoms with E-state index in [9.17, 15) is 4.79 Å². The highest BCUT2D eigenvalue weighted by molar-refractivity contribution is 5.67. The maximum atomic E-state index is 10.1. The Hall–Kier alpha value is -0.790. The Morgan fingerprint density at radius 1 is 1.50 bits per heavy atom. The number of esters is 1. The van der Waals surface area contributed by atoms with Gasteiger partial charge in [-0.1, -0.05) is 0 Å². The Morgan fingerprint density at radius 3 is 2.12 bits per heavy atom. The number of ether oxygens (including phenoxy) is 1. The van der Waals surface area contributed by atoms with E-state index in [4.69, 9.17) is 0 Å². The van der Waals surface area contributed by atoms with Crippen LogP contribution in [-0.2, 0) is 9.53 Å². The Bertz CT molecular complexity index is 114. The van der Waals surface area contributed by atoms with Crippen molar-refractivity contribution in [2.45, 2.75) is 20.8 Å². The molecule has 45 valence electrons. The molecule has 0 aromatic rings. The normalized spacial score (nSPS) is 11.1. The summed E-state index contributed by atoms with van der Waals surface area (Å²) in [5.41, 5.74) is 0. The fourth-order valence-corrected chi connectivity index (χ4v) is 0.267. The number of rotatable bonds is 1. The standard InChI is InChI=1S/C6H9O2/c1-4-5(2)8-6(3)7/h1-3H3. The first-order valence-electron chi connectivity index (χ1n) is 2.36. The summed E-state index contributed by atoms with van der Waals surface area (Å²) in [5.74, 6) is 0.231. The molecule has 0 amide bonds. The van der Waals surface area contributed by atoms with E-state index >= 15 is 0 Å². The number of carbonyl (C=O) groups is 1. The van der Waals surface area contributed by atoms with Gasteiger partial charge < -0.3 is 4.74 Å². The molecule has 0 unspecified atom stereocenters. The lowest BCUT2D eigenvalue weighted by Gasteiger charge is -1.95. The molecule has 0 aromatic carbocycles. The third-order valence-corrected chi connectivity index (χ3v) is 0.649. The summed E-state index contributed by atoms with van der Waals surface area (Å²) >= 11 is 0. The monoisotopic (exact) mass is 113 g/mol. The van der Waals surface area contributed by atoms with Gasteiger partial charge in [0, 0.05) is 6.92 Å². The fourth-order valence-electron chi connectivity index (χ4n) is 0.267. The van der Waals surface area contributed by atoms with Crippen LogP contribution in [-0.4, -0.2) is 5.97 Å². The van der Waals surface area contributed by atoms with E-state index in [2.05, 4.69) is 10.8 Å². The number of hydrogen-bond acceptors (Lipinski definition) is 2. The van der Waals surface area contributed by atoms with Crippen molar-refractivity contribution in [3.05, 3.63) is 11.8 Å². The van der Waals surface area contributed by atoms with Gasteiger partial charge in [-0.05, 0) is 19.9 Å². The smallest absolute Gasteiger partial charge is 0.307 e. The maximum absolute atomic E-state index is 10.1. The summed E-state index contributed by atoms with van der Waals surface area (Å²) in [6.45, 7) is 4.74. The number of hydrogen-bond donors (Lipinski definition) is 0. The molecule has 2 heteroatoms. The van der Waals surface area contributed by atoms with E-state index in [1.165, 1.54) is 6.92 Å². The maximum Gasteiger partial charge on any atom is 0.307 e. The van der Waals surface area contributed by atoms with Crippen LogP contribution in [0.2, 0.25) is 0 Å². The molecule has 0 aliphatic rings. The molecule has 0 aromatic heterocycles. The molecule has 0 heterocycles. The largest absolute Gasteiger partial charge is 0.431 e. The lowest BCUT2D eigenvalue weighted by atomic mass is 10.5. The van der Waals surface area contributed by atoms with E-state index < -0.39 is 0 Å². The molecule has 0 bridgehead atoms. The summed E-state index contributed by atoms with van der Waals surface area (Å²) in [6.07, 6.45) is 2.67. The molecule has 0 aliphatic heterocycles. The minimum absolute atomic E-state index is 0.295. The zero-order valence-corrected chi connectivity index (χ0v) is 5.32.